The predicted octanol–water partition coefficient (Wildman–Crippen LogP) is 2.90. The van der Waals surface area contributed by atoms with E-state index < -0.39 is 5.82 Å². The summed E-state index contributed by atoms with van der Waals surface area (Å²) >= 11 is 0. The summed E-state index contributed by atoms with van der Waals surface area (Å²) in [4.78, 5) is 11.2. The Hall–Kier alpha value is -1.64. The fraction of sp³-hybridized carbons (Fsp3) is 0.250. The average molecular weight is 208 g/mol. The lowest BCUT2D eigenvalue weighted by Crippen LogP contribution is -2.03. The maximum absolute atomic E-state index is 13.2. The maximum atomic E-state index is 13.2. The van der Waals surface area contributed by atoms with Crippen molar-refractivity contribution in [3.63, 3.8) is 0 Å². The zero-order valence-electron chi connectivity index (χ0n) is 8.84. The van der Waals surface area contributed by atoms with Gasteiger partial charge in [0.05, 0.1) is 5.56 Å². The molecule has 0 unspecified atom stereocenters. The molecule has 0 N–H and O–H groups in total. The monoisotopic (exact) mass is 208 g/mol. The number of ketones is 1. The molecular weight excluding hydrogens is 195 g/mol. The maximum Gasteiger partial charge on any atom is 0.163 e. The molecule has 0 spiro atoms. The van der Waals surface area contributed by atoms with E-state index in [1.165, 1.54) is 19.1 Å². The van der Waals surface area contributed by atoms with Crippen LogP contribution in [-0.2, 0) is 0 Å². The summed E-state index contributed by atoms with van der Waals surface area (Å²) in [6.07, 6.45) is 1.57. The molecule has 0 fully saturated rings. The number of carbonyl (C=O) groups excluding carboxylic acids is 1. The number of benzene rings is 1. The van der Waals surface area contributed by atoms with Crippen molar-refractivity contribution in [2.45, 2.75) is 13.8 Å². The quantitative estimate of drug-likeness (QED) is 0.561. The zero-order chi connectivity index (χ0) is 11.4. The third-order valence-electron chi connectivity index (χ3n) is 2.00. The Bertz CT molecular complexity index is 397. The lowest BCUT2D eigenvalue weighted by atomic mass is 10.1. The molecule has 0 aliphatic rings. The average Bonchev–Trinajstić information content (AvgIpc) is 2.19. The van der Waals surface area contributed by atoms with Gasteiger partial charge in [0.2, 0.25) is 0 Å². The van der Waals surface area contributed by atoms with Gasteiger partial charge in [-0.15, -0.1) is 0 Å². The third-order valence-corrected chi connectivity index (χ3v) is 2.00. The van der Waals surface area contributed by atoms with Gasteiger partial charge in [-0.05, 0) is 31.5 Å². The van der Waals surface area contributed by atoms with Gasteiger partial charge >= 0.3 is 0 Å². The highest BCUT2D eigenvalue weighted by molar-refractivity contribution is 5.96. The van der Waals surface area contributed by atoms with Crippen LogP contribution >= 0.6 is 0 Å². The number of Topliss-reactive ketones (excluding diaryl/α,β-unsaturated/α-hetero) is 1. The van der Waals surface area contributed by atoms with E-state index in [2.05, 4.69) is 6.58 Å². The molecule has 0 saturated heterocycles. The summed E-state index contributed by atoms with van der Waals surface area (Å²) < 4.78 is 18.5. The summed E-state index contributed by atoms with van der Waals surface area (Å²) in [6.45, 7) is 6.81. The molecule has 0 aliphatic heterocycles. The molecule has 0 aromatic heterocycles. The second-order valence-electron chi connectivity index (χ2n) is 3.25. The van der Waals surface area contributed by atoms with Gasteiger partial charge in [0.25, 0.3) is 0 Å². The van der Waals surface area contributed by atoms with Crippen LogP contribution < -0.4 is 4.74 Å². The molecule has 0 atom stereocenters. The van der Waals surface area contributed by atoms with Crippen LogP contribution in [0.3, 0.4) is 0 Å². The highest BCUT2D eigenvalue weighted by Crippen LogP contribution is 2.23. The van der Waals surface area contributed by atoms with E-state index in [-0.39, 0.29) is 11.3 Å². The van der Waals surface area contributed by atoms with Crippen molar-refractivity contribution >= 4 is 5.78 Å². The summed E-state index contributed by atoms with van der Waals surface area (Å²) in [6, 6.07) is 2.73. The van der Waals surface area contributed by atoms with Crippen molar-refractivity contribution in [3.8, 4) is 5.75 Å². The first-order valence-electron chi connectivity index (χ1n) is 4.61. The SMILES string of the molecule is C=CCOc1cc(C)c(F)cc1C(C)=O. The number of carbonyl (C=O) groups is 1. The molecule has 0 amide bonds. The van der Waals surface area contributed by atoms with E-state index in [1.54, 1.807) is 13.0 Å². The Labute approximate surface area is 88.4 Å². The molecule has 15 heavy (non-hydrogen) atoms. The van der Waals surface area contributed by atoms with E-state index in [4.69, 9.17) is 4.74 Å². The number of aryl methyl sites for hydroxylation is 1. The molecule has 0 saturated carbocycles. The van der Waals surface area contributed by atoms with Gasteiger partial charge in [0, 0.05) is 0 Å². The van der Waals surface area contributed by atoms with Gasteiger partial charge in [-0.25, -0.2) is 4.39 Å². The lowest BCUT2D eigenvalue weighted by molar-refractivity contribution is 0.101. The standard InChI is InChI=1S/C12H13FO2/c1-4-5-15-12-6-8(2)11(13)7-10(12)9(3)14/h4,6-7H,1,5H2,2-3H3. The molecule has 80 valence electrons. The topological polar surface area (TPSA) is 26.3 Å². The minimum absolute atomic E-state index is 0.215. The predicted molar refractivity (Wildman–Crippen MR) is 56.8 cm³/mol. The van der Waals surface area contributed by atoms with Crippen LogP contribution in [0.1, 0.15) is 22.8 Å². The smallest absolute Gasteiger partial charge is 0.163 e. The van der Waals surface area contributed by atoms with E-state index in [1.807, 2.05) is 0 Å². The number of rotatable bonds is 4. The van der Waals surface area contributed by atoms with Crippen LogP contribution in [-0.4, -0.2) is 12.4 Å². The van der Waals surface area contributed by atoms with Crippen LogP contribution in [0.5, 0.6) is 5.75 Å². The number of hydrogen-bond acceptors (Lipinski definition) is 2. The summed E-state index contributed by atoms with van der Waals surface area (Å²) in [5.74, 6) is -0.208. The van der Waals surface area contributed by atoms with E-state index in [0.29, 0.717) is 17.9 Å². The first kappa shape index (κ1) is 11.4. The van der Waals surface area contributed by atoms with Gasteiger partial charge in [-0.1, -0.05) is 12.7 Å². The molecule has 0 heterocycles. The van der Waals surface area contributed by atoms with Crippen molar-refractivity contribution in [2.24, 2.45) is 0 Å². The van der Waals surface area contributed by atoms with Crippen molar-refractivity contribution < 1.29 is 13.9 Å². The van der Waals surface area contributed by atoms with Gasteiger partial charge in [-0.3, -0.25) is 4.79 Å². The second-order valence-corrected chi connectivity index (χ2v) is 3.25. The molecule has 1 rings (SSSR count). The minimum atomic E-state index is -0.397. The van der Waals surface area contributed by atoms with Gasteiger partial charge in [0.15, 0.2) is 5.78 Å². The molecular formula is C12H13FO2. The summed E-state index contributed by atoms with van der Waals surface area (Å²) in [5, 5.41) is 0. The second kappa shape index (κ2) is 4.73. The molecule has 1 aromatic rings. The van der Waals surface area contributed by atoms with Crippen molar-refractivity contribution in [3.05, 3.63) is 41.7 Å². The van der Waals surface area contributed by atoms with Crippen molar-refractivity contribution in [1.29, 1.82) is 0 Å². The van der Waals surface area contributed by atoms with Crippen LogP contribution in [0.4, 0.5) is 4.39 Å². The molecule has 0 radical (unpaired) electrons. The summed E-state index contributed by atoms with van der Waals surface area (Å²) in [7, 11) is 0. The van der Waals surface area contributed by atoms with Crippen LogP contribution in [0.15, 0.2) is 24.8 Å². The number of ether oxygens (including phenoxy) is 1. The Morgan fingerprint density at radius 1 is 1.60 bits per heavy atom. The molecule has 0 aliphatic carbocycles. The van der Waals surface area contributed by atoms with Crippen LogP contribution in [0, 0.1) is 12.7 Å². The van der Waals surface area contributed by atoms with Gasteiger partial charge < -0.3 is 4.74 Å². The van der Waals surface area contributed by atoms with E-state index in [9.17, 15) is 9.18 Å². The van der Waals surface area contributed by atoms with Crippen LogP contribution in [0.2, 0.25) is 0 Å². The number of hydrogen-bond donors (Lipinski definition) is 0. The molecule has 0 bridgehead atoms. The normalized spacial score (nSPS) is 9.80. The Kier molecular flexibility index (Phi) is 3.61. The Balaban J connectivity index is 3.15. The zero-order valence-corrected chi connectivity index (χ0v) is 8.84. The molecule has 1 aromatic carbocycles. The first-order chi connectivity index (χ1) is 7.06. The first-order valence-corrected chi connectivity index (χ1v) is 4.61. The van der Waals surface area contributed by atoms with Crippen LogP contribution in [0.25, 0.3) is 0 Å². The lowest BCUT2D eigenvalue weighted by Gasteiger charge is -2.09. The van der Waals surface area contributed by atoms with E-state index in [0.717, 1.165) is 0 Å². The Morgan fingerprint density at radius 2 is 2.27 bits per heavy atom. The van der Waals surface area contributed by atoms with Crippen molar-refractivity contribution in [1.82, 2.24) is 0 Å². The largest absolute Gasteiger partial charge is 0.489 e. The Morgan fingerprint density at radius 3 is 2.80 bits per heavy atom. The minimum Gasteiger partial charge on any atom is -0.489 e. The van der Waals surface area contributed by atoms with Crippen molar-refractivity contribution in [2.75, 3.05) is 6.61 Å². The highest BCUT2D eigenvalue weighted by atomic mass is 19.1. The molecule has 2 nitrogen and oxygen atoms in total. The molecule has 3 heteroatoms. The highest BCUT2D eigenvalue weighted by Gasteiger charge is 2.11. The third kappa shape index (κ3) is 2.65. The van der Waals surface area contributed by atoms with Gasteiger partial charge in [-0.2, -0.15) is 0 Å². The fourth-order valence-corrected chi connectivity index (χ4v) is 1.20. The van der Waals surface area contributed by atoms with E-state index >= 15 is 0 Å². The van der Waals surface area contributed by atoms with Gasteiger partial charge in [0.1, 0.15) is 18.2 Å². The fourth-order valence-electron chi connectivity index (χ4n) is 1.20. The summed E-state index contributed by atoms with van der Waals surface area (Å²) in [5.41, 5.74) is 0.721. The number of halogens is 1.